The van der Waals surface area contributed by atoms with Crippen LogP contribution in [0.5, 0.6) is 0 Å². The van der Waals surface area contributed by atoms with E-state index in [4.69, 9.17) is 18.9 Å². The van der Waals surface area contributed by atoms with Crippen LogP contribution in [-0.2, 0) is 39.2 Å². The second-order valence-corrected chi connectivity index (χ2v) is 19.7. The Hall–Kier alpha value is -2.60. The van der Waals surface area contributed by atoms with Crippen molar-refractivity contribution < 1.29 is 64.1 Å². The van der Waals surface area contributed by atoms with E-state index >= 15 is 0 Å². The summed E-state index contributed by atoms with van der Waals surface area (Å²) >= 11 is 0. The fraction of sp³-hybridized carbons (Fsp3) is 0.680. The van der Waals surface area contributed by atoms with Gasteiger partial charge in [-0.15, -0.1) is 0 Å². The van der Waals surface area contributed by atoms with Crippen molar-refractivity contribution in [3.63, 3.8) is 0 Å². The van der Waals surface area contributed by atoms with Gasteiger partial charge >= 0.3 is 61.6 Å². The van der Waals surface area contributed by atoms with Crippen LogP contribution in [0.25, 0.3) is 0 Å². The van der Waals surface area contributed by atoms with Crippen LogP contribution in [0.3, 0.4) is 0 Å². The normalized spacial score (nSPS) is 11.2. The number of unbranched alkanes of at least 4 members (excludes halogenated alkanes) is 22. The van der Waals surface area contributed by atoms with Gasteiger partial charge < -0.3 is 28.1 Å². The molecule has 0 spiro atoms. The minimum atomic E-state index is -4.35. The zero-order chi connectivity index (χ0) is 48.7. The molecule has 67 heavy (non-hydrogen) atoms. The maximum Gasteiger partial charge on any atom is 2.00 e. The second-order valence-electron chi connectivity index (χ2n) is 16.6. The molecule has 0 aliphatic heterocycles. The standard InChI is InChI=1S/2C25H40O7S.Ca/c2*1-2-3-4-5-6-7-8-9-10-11-12-15-19-31-24(26)22-17-13-14-18-23(22)25(27)32-20-16-21-33(28,29)30;/h2*13-14,17-18H,2-12,15-16,19-21H2,1H3,(H,28,29,30);/q;;+2/p-2. The largest absolute Gasteiger partial charge is 2.00 e. The molecule has 0 amide bonds. The van der Waals surface area contributed by atoms with E-state index < -0.39 is 55.6 Å². The first-order valence-corrected chi connectivity index (χ1v) is 27.6. The molecule has 0 bridgehead atoms. The van der Waals surface area contributed by atoms with E-state index in [9.17, 15) is 45.1 Å². The van der Waals surface area contributed by atoms with Crippen LogP contribution in [0.15, 0.2) is 48.5 Å². The van der Waals surface area contributed by atoms with Gasteiger partial charge in [-0.05, 0) is 49.9 Å². The Labute approximate surface area is 432 Å². The minimum absolute atomic E-state index is 0. The van der Waals surface area contributed by atoms with E-state index in [0.29, 0.717) is 13.2 Å². The molecule has 0 aliphatic carbocycles. The average Bonchev–Trinajstić information content (AvgIpc) is 3.29. The van der Waals surface area contributed by atoms with Crippen molar-refractivity contribution in [2.75, 3.05) is 37.9 Å². The molecule has 2 aromatic carbocycles. The molecule has 14 nitrogen and oxygen atoms in total. The van der Waals surface area contributed by atoms with Crippen molar-refractivity contribution >= 4 is 81.9 Å². The van der Waals surface area contributed by atoms with E-state index in [0.717, 1.165) is 38.5 Å². The van der Waals surface area contributed by atoms with E-state index in [1.54, 1.807) is 24.3 Å². The Bertz CT molecular complexity index is 1720. The van der Waals surface area contributed by atoms with Crippen molar-refractivity contribution in [1.82, 2.24) is 0 Å². The first-order valence-electron chi connectivity index (χ1n) is 24.4. The minimum Gasteiger partial charge on any atom is -0.748 e. The van der Waals surface area contributed by atoms with Gasteiger partial charge in [-0.1, -0.05) is 179 Å². The summed E-state index contributed by atoms with van der Waals surface area (Å²) in [5.41, 5.74) is 0.333. The van der Waals surface area contributed by atoms with Gasteiger partial charge in [-0.25, -0.2) is 36.0 Å². The second kappa shape index (κ2) is 41.2. The van der Waals surface area contributed by atoms with Gasteiger partial charge in [0, 0.05) is 11.5 Å². The molecule has 0 atom stereocenters. The quantitative estimate of drug-likeness (QED) is 0.0201. The Morgan fingerprint density at radius 3 is 0.761 bits per heavy atom. The predicted octanol–water partition coefficient (Wildman–Crippen LogP) is 10.9. The first kappa shape index (κ1) is 64.4. The zero-order valence-electron chi connectivity index (χ0n) is 40.5. The number of benzene rings is 2. The van der Waals surface area contributed by atoms with Crippen molar-refractivity contribution in [3.05, 3.63) is 70.8 Å². The van der Waals surface area contributed by atoms with Crippen LogP contribution in [0.1, 0.15) is 222 Å². The number of carbonyl (C=O) groups is 4. The van der Waals surface area contributed by atoms with Gasteiger partial charge in [0.05, 0.1) is 68.9 Å². The van der Waals surface area contributed by atoms with Crippen LogP contribution in [-0.4, -0.2) is 125 Å². The Morgan fingerprint density at radius 1 is 0.358 bits per heavy atom. The number of esters is 4. The van der Waals surface area contributed by atoms with Crippen LogP contribution >= 0.6 is 0 Å². The molecular formula is C50H78CaO14S2. The summed E-state index contributed by atoms with van der Waals surface area (Å²) in [4.78, 5) is 49.2. The third kappa shape index (κ3) is 36.1. The van der Waals surface area contributed by atoms with Crippen molar-refractivity contribution in [3.8, 4) is 0 Å². The van der Waals surface area contributed by atoms with Crippen molar-refractivity contribution in [2.24, 2.45) is 0 Å². The van der Waals surface area contributed by atoms with E-state index in [1.807, 2.05) is 0 Å². The molecule has 0 aromatic heterocycles. The number of hydrogen-bond donors (Lipinski definition) is 0. The SMILES string of the molecule is CCCCCCCCCCCCCCOC(=O)c1ccccc1C(=O)OCCCS(=O)(=O)[O-].CCCCCCCCCCCCCCOC(=O)c1ccccc1C(=O)OCCCS(=O)(=O)[O-].[Ca+2]. The predicted molar refractivity (Wildman–Crippen MR) is 260 cm³/mol. The van der Waals surface area contributed by atoms with E-state index in [1.165, 1.54) is 140 Å². The summed E-state index contributed by atoms with van der Waals surface area (Å²) < 4.78 is 84.2. The molecule has 2 aromatic rings. The number of ether oxygens (including phenoxy) is 4. The summed E-state index contributed by atoms with van der Waals surface area (Å²) in [6, 6.07) is 12.3. The molecular weight excluding hydrogens is 929 g/mol. The van der Waals surface area contributed by atoms with Gasteiger partial charge in [-0.3, -0.25) is 0 Å². The summed E-state index contributed by atoms with van der Waals surface area (Å²) in [5, 5.41) is 0. The first-order chi connectivity index (χ1) is 31.7. The van der Waals surface area contributed by atoms with Gasteiger partial charge in [-0.2, -0.15) is 0 Å². The molecule has 17 heteroatoms. The fourth-order valence-electron chi connectivity index (χ4n) is 7.01. The molecule has 0 unspecified atom stereocenters. The smallest absolute Gasteiger partial charge is 0.748 e. The molecule has 376 valence electrons. The van der Waals surface area contributed by atoms with Gasteiger partial charge in [0.2, 0.25) is 0 Å². The van der Waals surface area contributed by atoms with Crippen LogP contribution in [0.2, 0.25) is 0 Å². The molecule has 0 radical (unpaired) electrons. The maximum absolute atomic E-state index is 12.4. The summed E-state index contributed by atoms with van der Waals surface area (Å²) in [6.45, 7) is 4.61. The molecule has 0 aliphatic rings. The fourth-order valence-corrected chi connectivity index (χ4v) is 7.95. The van der Waals surface area contributed by atoms with Crippen LogP contribution in [0.4, 0.5) is 0 Å². The maximum atomic E-state index is 12.4. The van der Waals surface area contributed by atoms with E-state index in [2.05, 4.69) is 13.8 Å². The Kier molecular flexibility index (Phi) is 39.6. The molecule has 0 saturated heterocycles. The summed E-state index contributed by atoms with van der Waals surface area (Å²) in [7, 11) is -8.70. The van der Waals surface area contributed by atoms with E-state index in [-0.39, 0.29) is 86.0 Å². The number of carbonyl (C=O) groups excluding carboxylic acids is 4. The number of hydrogen-bond acceptors (Lipinski definition) is 14. The molecule has 0 fully saturated rings. The van der Waals surface area contributed by atoms with Crippen LogP contribution < -0.4 is 0 Å². The summed E-state index contributed by atoms with van der Waals surface area (Å²) in [5.74, 6) is -3.90. The topological polar surface area (TPSA) is 220 Å². The molecule has 0 saturated carbocycles. The summed E-state index contributed by atoms with van der Waals surface area (Å²) in [6.07, 6.45) is 29.1. The van der Waals surface area contributed by atoms with Crippen molar-refractivity contribution in [1.29, 1.82) is 0 Å². The van der Waals surface area contributed by atoms with Gasteiger partial charge in [0.25, 0.3) is 0 Å². The molecule has 0 N–H and O–H groups in total. The van der Waals surface area contributed by atoms with Gasteiger partial charge in [0.15, 0.2) is 0 Å². The average molecular weight is 1010 g/mol. The van der Waals surface area contributed by atoms with Crippen LogP contribution in [0, 0.1) is 0 Å². The number of rotatable bonds is 38. The third-order valence-corrected chi connectivity index (χ3v) is 12.3. The third-order valence-electron chi connectivity index (χ3n) is 10.7. The zero-order valence-corrected chi connectivity index (χ0v) is 44.3. The Morgan fingerprint density at radius 2 is 0.552 bits per heavy atom. The molecule has 0 heterocycles. The molecule has 2 rings (SSSR count). The van der Waals surface area contributed by atoms with Crippen molar-refractivity contribution in [2.45, 2.75) is 181 Å². The monoisotopic (exact) mass is 1010 g/mol. The van der Waals surface area contributed by atoms with Gasteiger partial charge in [0.1, 0.15) is 0 Å². The Balaban J connectivity index is 0.00000128.